The third-order valence-electron chi connectivity index (χ3n) is 2.11. The van der Waals surface area contributed by atoms with E-state index in [4.69, 9.17) is 9.47 Å². The second-order valence-corrected chi connectivity index (χ2v) is 3.03. The highest BCUT2D eigenvalue weighted by molar-refractivity contribution is 6.36. The molecule has 2 amide bonds. The Kier molecular flexibility index (Phi) is 3.54. The molecule has 1 aromatic rings. The molecular weight excluding hydrogens is 228 g/mol. The van der Waals surface area contributed by atoms with Crippen molar-refractivity contribution in [2.24, 2.45) is 9.98 Å². The van der Waals surface area contributed by atoms with E-state index in [-0.39, 0.29) is 5.48 Å². The minimum Gasteiger partial charge on any atom is -0.493 e. The summed E-state index contributed by atoms with van der Waals surface area (Å²) in [5, 5.41) is 0.615. The average molecular weight is 238 g/mol. The van der Waals surface area contributed by atoms with Crippen LogP contribution in [0.1, 0.15) is 0 Å². The van der Waals surface area contributed by atoms with Gasteiger partial charge in [0.1, 0.15) is 0 Å². The molecule has 0 saturated heterocycles. The molecule has 17 heavy (non-hydrogen) atoms. The van der Waals surface area contributed by atoms with Crippen molar-refractivity contribution in [1.29, 1.82) is 0 Å². The zero-order chi connectivity index (χ0) is 11.7. The van der Waals surface area contributed by atoms with Crippen molar-refractivity contribution in [2.75, 3.05) is 14.2 Å². The molecule has 90 valence electrons. The Morgan fingerprint density at radius 1 is 0.882 bits per heavy atom. The van der Waals surface area contributed by atoms with E-state index in [2.05, 4.69) is 9.98 Å². The molecule has 0 atom stereocenters. The number of ether oxygens (including phenoxy) is 2. The Morgan fingerprint density at radius 3 is 1.53 bits per heavy atom. The molecule has 7 nitrogen and oxygen atoms in total. The molecule has 1 aromatic carbocycles. The van der Waals surface area contributed by atoms with Crippen LogP contribution in [0.15, 0.2) is 22.1 Å². The molecule has 2 rings (SSSR count). The number of methoxy groups -OCH3 is 2. The number of rotatable bonds is 2. The number of benzene rings is 1. The molecule has 0 unspecified atom stereocenters. The predicted molar refractivity (Wildman–Crippen MR) is 55.5 cm³/mol. The lowest BCUT2D eigenvalue weighted by molar-refractivity contribution is -0.135. The van der Waals surface area contributed by atoms with Gasteiger partial charge in [0.15, 0.2) is 11.5 Å². The third kappa shape index (κ3) is 2.13. The summed E-state index contributed by atoms with van der Waals surface area (Å²) in [5.74, 6) is -0.885. The Hall–Kier alpha value is -2.28. The lowest BCUT2D eigenvalue weighted by atomic mass is 10.2. The van der Waals surface area contributed by atoms with E-state index in [1.54, 1.807) is 0 Å². The summed E-state index contributed by atoms with van der Waals surface area (Å²) >= 11 is 0. The minimum atomic E-state index is -0.875. The van der Waals surface area contributed by atoms with Gasteiger partial charge in [-0.3, -0.25) is 9.59 Å². The van der Waals surface area contributed by atoms with Crippen molar-refractivity contribution < 1.29 is 24.5 Å². The van der Waals surface area contributed by atoms with E-state index in [0.29, 0.717) is 22.2 Å². The molecule has 0 aromatic heterocycles. The van der Waals surface area contributed by atoms with Crippen molar-refractivity contribution in [3.63, 3.8) is 0 Å². The Morgan fingerprint density at radius 2 is 1.24 bits per heavy atom. The van der Waals surface area contributed by atoms with E-state index in [1.165, 1.54) is 26.4 Å². The summed E-state index contributed by atoms with van der Waals surface area (Å²) in [6, 6.07) is 3.00. The van der Waals surface area contributed by atoms with Gasteiger partial charge in [-0.2, -0.15) is 0 Å². The van der Waals surface area contributed by atoms with E-state index < -0.39 is 11.8 Å². The van der Waals surface area contributed by atoms with Crippen LogP contribution in [0.3, 0.4) is 0 Å². The maximum atomic E-state index is 11.0. The molecule has 1 aliphatic heterocycles. The zero-order valence-electron chi connectivity index (χ0n) is 9.18. The normalized spacial score (nSPS) is 12.8. The number of amides is 2. The highest BCUT2D eigenvalue weighted by atomic mass is 16.5. The Bertz CT molecular complexity index is 540. The number of fused-ring (bicyclic) bond motifs is 1. The van der Waals surface area contributed by atoms with Gasteiger partial charge in [0.2, 0.25) is 0 Å². The van der Waals surface area contributed by atoms with Crippen molar-refractivity contribution in [1.82, 2.24) is 0 Å². The van der Waals surface area contributed by atoms with Gasteiger partial charge in [-0.05, 0) is 0 Å². The summed E-state index contributed by atoms with van der Waals surface area (Å²) < 4.78 is 10.1. The topological polar surface area (TPSA) is 109 Å². The summed E-state index contributed by atoms with van der Waals surface area (Å²) in [7, 11) is 2.94. The molecule has 0 saturated carbocycles. The van der Waals surface area contributed by atoms with Crippen LogP contribution in [0.4, 0.5) is 0 Å². The van der Waals surface area contributed by atoms with Crippen LogP contribution < -0.4 is 20.2 Å². The fourth-order valence-corrected chi connectivity index (χ4v) is 1.35. The van der Waals surface area contributed by atoms with Crippen molar-refractivity contribution in [2.45, 2.75) is 0 Å². The van der Waals surface area contributed by atoms with Crippen LogP contribution in [-0.4, -0.2) is 31.5 Å². The van der Waals surface area contributed by atoms with Crippen molar-refractivity contribution in [3.05, 3.63) is 22.8 Å². The first kappa shape index (κ1) is 12.8. The largest absolute Gasteiger partial charge is 0.493 e. The fraction of sp³-hybridized carbons (Fsp3) is 0.200. The van der Waals surface area contributed by atoms with Gasteiger partial charge < -0.3 is 14.9 Å². The lowest BCUT2D eigenvalue weighted by Gasteiger charge is -2.07. The lowest BCUT2D eigenvalue weighted by Crippen LogP contribution is -2.34. The van der Waals surface area contributed by atoms with Gasteiger partial charge in [-0.1, -0.05) is 0 Å². The smallest absolute Gasteiger partial charge is 0.338 e. The van der Waals surface area contributed by atoms with Crippen LogP contribution >= 0.6 is 0 Å². The highest BCUT2D eigenvalue weighted by Gasteiger charge is 2.16. The molecule has 0 fully saturated rings. The quantitative estimate of drug-likeness (QED) is 0.565. The highest BCUT2D eigenvalue weighted by Crippen LogP contribution is 2.21. The van der Waals surface area contributed by atoms with Crippen molar-refractivity contribution in [3.8, 4) is 11.5 Å². The maximum absolute atomic E-state index is 11.0. The molecular formula is C10H10N2O5. The summed E-state index contributed by atoms with van der Waals surface area (Å²) in [5.41, 5.74) is 0. The van der Waals surface area contributed by atoms with E-state index >= 15 is 0 Å². The van der Waals surface area contributed by atoms with E-state index in [1.807, 2.05) is 0 Å². The van der Waals surface area contributed by atoms with Gasteiger partial charge in [0, 0.05) is 12.1 Å². The summed E-state index contributed by atoms with van der Waals surface area (Å²) in [6.07, 6.45) is 0. The fourth-order valence-electron chi connectivity index (χ4n) is 1.35. The van der Waals surface area contributed by atoms with Crippen molar-refractivity contribution >= 4 is 11.8 Å². The molecule has 0 spiro atoms. The SMILES string of the molecule is COc1cc2c(cc1OC)=NC(=O)C(=O)N=2.O. The van der Waals surface area contributed by atoms with E-state index in [0.717, 1.165) is 0 Å². The van der Waals surface area contributed by atoms with Gasteiger partial charge in [0.25, 0.3) is 0 Å². The monoisotopic (exact) mass is 238 g/mol. The average Bonchev–Trinajstić information content (AvgIpc) is 2.29. The minimum absolute atomic E-state index is 0. The first-order valence-electron chi connectivity index (χ1n) is 4.43. The molecule has 0 aliphatic carbocycles. The number of hydrogen-bond acceptors (Lipinski definition) is 4. The molecule has 0 bridgehead atoms. The van der Waals surface area contributed by atoms with Crippen LogP contribution in [0.2, 0.25) is 0 Å². The second kappa shape index (κ2) is 4.71. The Balaban J connectivity index is 0.00000144. The second-order valence-electron chi connectivity index (χ2n) is 3.03. The Labute approximate surface area is 95.7 Å². The standard InChI is InChI=1S/C10H8N2O4.H2O/c1-15-7-3-5-6(4-8(7)16-2)12-10(14)9(13)11-5;/h3-4H,1-2H3;1H2. The maximum Gasteiger partial charge on any atom is 0.338 e. The van der Waals surface area contributed by atoms with Crippen LogP contribution in [0.25, 0.3) is 0 Å². The predicted octanol–water partition coefficient (Wildman–Crippen LogP) is -1.81. The van der Waals surface area contributed by atoms with Crippen LogP contribution in [0, 0.1) is 0 Å². The molecule has 7 heteroatoms. The van der Waals surface area contributed by atoms with Gasteiger partial charge >= 0.3 is 11.8 Å². The molecule has 0 radical (unpaired) electrons. The number of carbonyl (C=O) groups is 2. The molecule has 1 heterocycles. The molecule has 2 N–H and O–H groups in total. The van der Waals surface area contributed by atoms with Gasteiger partial charge in [0.05, 0.1) is 24.9 Å². The van der Waals surface area contributed by atoms with Gasteiger partial charge in [-0.15, -0.1) is 0 Å². The first-order valence-corrected chi connectivity index (χ1v) is 4.43. The number of carbonyl (C=O) groups excluding carboxylic acids is 2. The van der Waals surface area contributed by atoms with E-state index in [9.17, 15) is 9.59 Å². The number of hydrogen-bond donors (Lipinski definition) is 0. The van der Waals surface area contributed by atoms with Gasteiger partial charge in [-0.25, -0.2) is 9.98 Å². The van der Waals surface area contributed by atoms with Crippen LogP contribution in [0.5, 0.6) is 11.5 Å². The zero-order valence-corrected chi connectivity index (χ0v) is 9.18. The third-order valence-corrected chi connectivity index (χ3v) is 2.11. The first-order chi connectivity index (χ1) is 7.65. The van der Waals surface area contributed by atoms with Crippen LogP contribution in [-0.2, 0) is 9.59 Å². The molecule has 1 aliphatic rings. The summed E-state index contributed by atoms with van der Waals surface area (Å²) in [6.45, 7) is 0. The summed E-state index contributed by atoms with van der Waals surface area (Å²) in [4.78, 5) is 29.2. The number of nitrogens with zero attached hydrogens (tertiary/aromatic N) is 2.